The van der Waals surface area contributed by atoms with Crippen LogP contribution < -0.4 is 25.0 Å². The second-order valence-corrected chi connectivity index (χ2v) is 9.24. The molecule has 0 spiro atoms. The van der Waals surface area contributed by atoms with Crippen molar-refractivity contribution in [2.45, 2.75) is 20.0 Å². The number of rotatable bonds is 9. The monoisotopic (exact) mass is 563 g/mol. The largest absolute Gasteiger partial charge is 0.497 e. The first kappa shape index (κ1) is 28.2. The van der Waals surface area contributed by atoms with E-state index in [-0.39, 0.29) is 33.6 Å². The number of carbonyl (C=O) groups excluding carboxylic acids is 4. The summed E-state index contributed by atoms with van der Waals surface area (Å²) >= 11 is 6.27. The molecule has 11 heteroatoms. The molecule has 0 atom stereocenters. The molecule has 10 nitrogen and oxygen atoms in total. The van der Waals surface area contributed by atoms with Gasteiger partial charge in [0.25, 0.3) is 17.7 Å². The molecule has 0 saturated heterocycles. The summed E-state index contributed by atoms with van der Waals surface area (Å²) in [5.74, 6) is -1.55. The quantitative estimate of drug-likeness (QED) is 0.277. The summed E-state index contributed by atoms with van der Waals surface area (Å²) in [5.41, 5.74) is 1.17. The first-order chi connectivity index (χ1) is 19.1. The number of nitrogens with one attached hydrogen (secondary N) is 2. The van der Waals surface area contributed by atoms with Gasteiger partial charge in [0.1, 0.15) is 22.2 Å². The summed E-state index contributed by atoms with van der Waals surface area (Å²) in [6.45, 7) is 3.43. The normalized spacial score (nSPS) is 13.0. The number of hydrogen-bond donors (Lipinski definition) is 2. The fourth-order valence-electron chi connectivity index (χ4n) is 3.89. The minimum Gasteiger partial charge on any atom is -0.497 e. The molecular formula is C29H26ClN3O7. The van der Waals surface area contributed by atoms with Crippen LogP contribution in [0.25, 0.3) is 0 Å². The Bertz CT molecular complexity index is 1530. The number of benzene rings is 3. The van der Waals surface area contributed by atoms with E-state index in [2.05, 4.69) is 10.6 Å². The maximum atomic E-state index is 13.3. The minimum atomic E-state index is -0.762. The zero-order valence-electron chi connectivity index (χ0n) is 22.1. The summed E-state index contributed by atoms with van der Waals surface area (Å²) in [5, 5.41) is 5.29. The van der Waals surface area contributed by atoms with Gasteiger partial charge in [-0.05, 0) is 62.4 Å². The molecule has 40 heavy (non-hydrogen) atoms. The maximum Gasteiger partial charge on any atom is 0.338 e. The van der Waals surface area contributed by atoms with Crippen molar-refractivity contribution in [3.05, 3.63) is 88.6 Å². The number of methoxy groups -OCH3 is 2. The van der Waals surface area contributed by atoms with E-state index < -0.39 is 23.7 Å². The first-order valence-electron chi connectivity index (χ1n) is 12.1. The highest BCUT2D eigenvalue weighted by Gasteiger charge is 2.39. The van der Waals surface area contributed by atoms with E-state index >= 15 is 0 Å². The Kier molecular flexibility index (Phi) is 8.40. The number of imide groups is 1. The Morgan fingerprint density at radius 1 is 0.875 bits per heavy atom. The van der Waals surface area contributed by atoms with Crippen molar-refractivity contribution >= 4 is 52.4 Å². The van der Waals surface area contributed by atoms with E-state index in [4.69, 9.17) is 25.8 Å². The fourth-order valence-corrected chi connectivity index (χ4v) is 4.10. The number of ether oxygens (including phenoxy) is 3. The van der Waals surface area contributed by atoms with Gasteiger partial charge in [0.05, 0.1) is 37.3 Å². The Hall–Kier alpha value is -4.83. The first-order valence-corrected chi connectivity index (χ1v) is 12.5. The molecule has 0 aromatic heterocycles. The van der Waals surface area contributed by atoms with Gasteiger partial charge in [-0.15, -0.1) is 0 Å². The van der Waals surface area contributed by atoms with Gasteiger partial charge in [0, 0.05) is 17.3 Å². The molecule has 0 saturated carbocycles. The second-order valence-electron chi connectivity index (χ2n) is 8.87. The average Bonchev–Trinajstić information content (AvgIpc) is 3.15. The van der Waals surface area contributed by atoms with Crippen molar-refractivity contribution in [3.63, 3.8) is 0 Å². The maximum absolute atomic E-state index is 13.3. The van der Waals surface area contributed by atoms with Gasteiger partial charge in [0.15, 0.2) is 0 Å². The molecule has 4 rings (SSSR count). The van der Waals surface area contributed by atoms with Gasteiger partial charge < -0.3 is 24.8 Å². The van der Waals surface area contributed by atoms with Gasteiger partial charge in [-0.3, -0.25) is 14.4 Å². The number of carbonyl (C=O) groups is 4. The Morgan fingerprint density at radius 2 is 1.60 bits per heavy atom. The van der Waals surface area contributed by atoms with Crippen LogP contribution in [0.4, 0.5) is 17.1 Å². The molecular weight excluding hydrogens is 538 g/mol. The van der Waals surface area contributed by atoms with Crippen molar-refractivity contribution in [2.75, 3.05) is 29.8 Å². The summed E-state index contributed by atoms with van der Waals surface area (Å²) in [7, 11) is 2.99. The van der Waals surface area contributed by atoms with Crippen LogP contribution in [0.5, 0.6) is 11.5 Å². The van der Waals surface area contributed by atoms with Crippen molar-refractivity contribution < 1.29 is 33.4 Å². The smallest absolute Gasteiger partial charge is 0.338 e. The van der Waals surface area contributed by atoms with E-state index in [1.54, 1.807) is 50.2 Å². The van der Waals surface area contributed by atoms with Crippen LogP contribution in [0.15, 0.2) is 77.5 Å². The van der Waals surface area contributed by atoms with Crippen LogP contribution in [-0.4, -0.2) is 44.0 Å². The SMILES string of the molecule is COc1ccc(OC)c(NC(=O)c2cccc(NC3=C(Cl)C(=O)N(c4cccc(C(=O)OC(C)C)c4)C3=O)c2)c1. The Labute approximate surface area is 235 Å². The molecule has 1 aliphatic heterocycles. The van der Waals surface area contributed by atoms with Crippen LogP contribution in [-0.2, 0) is 14.3 Å². The topological polar surface area (TPSA) is 123 Å². The summed E-state index contributed by atoms with van der Waals surface area (Å²) in [6.07, 6.45) is -0.339. The van der Waals surface area contributed by atoms with Crippen molar-refractivity contribution in [1.29, 1.82) is 0 Å². The van der Waals surface area contributed by atoms with Crippen molar-refractivity contribution in [3.8, 4) is 11.5 Å². The molecule has 0 fully saturated rings. The second kappa shape index (κ2) is 11.9. The highest BCUT2D eigenvalue weighted by atomic mass is 35.5. The molecule has 2 N–H and O–H groups in total. The number of hydrogen-bond acceptors (Lipinski definition) is 8. The number of anilines is 3. The average molecular weight is 564 g/mol. The lowest BCUT2D eigenvalue weighted by Gasteiger charge is -2.16. The molecule has 3 amide bonds. The van der Waals surface area contributed by atoms with E-state index in [1.807, 2.05) is 0 Å². The molecule has 1 aliphatic rings. The zero-order valence-corrected chi connectivity index (χ0v) is 22.9. The molecule has 0 bridgehead atoms. The van der Waals surface area contributed by atoms with Crippen molar-refractivity contribution in [1.82, 2.24) is 0 Å². The summed E-state index contributed by atoms with van der Waals surface area (Å²) in [6, 6.07) is 17.2. The molecule has 3 aromatic carbocycles. The molecule has 0 unspecified atom stereocenters. The lowest BCUT2D eigenvalue weighted by Crippen LogP contribution is -2.32. The van der Waals surface area contributed by atoms with Crippen LogP contribution >= 0.6 is 11.6 Å². The van der Waals surface area contributed by atoms with Crippen LogP contribution in [0.2, 0.25) is 0 Å². The fraction of sp³-hybridized carbons (Fsp3) is 0.172. The lowest BCUT2D eigenvalue weighted by atomic mass is 10.1. The van der Waals surface area contributed by atoms with Gasteiger partial charge in [-0.2, -0.15) is 0 Å². The van der Waals surface area contributed by atoms with Crippen molar-refractivity contribution in [2.24, 2.45) is 0 Å². The lowest BCUT2D eigenvalue weighted by molar-refractivity contribution is -0.120. The van der Waals surface area contributed by atoms with Crippen LogP contribution in [0.1, 0.15) is 34.6 Å². The zero-order chi connectivity index (χ0) is 29.0. The summed E-state index contributed by atoms with van der Waals surface area (Å²) in [4.78, 5) is 52.4. The third-order valence-corrected chi connectivity index (χ3v) is 6.11. The van der Waals surface area contributed by atoms with E-state index in [0.29, 0.717) is 22.9 Å². The number of nitrogens with zero attached hydrogens (tertiary/aromatic N) is 1. The van der Waals surface area contributed by atoms with E-state index in [1.165, 1.54) is 44.6 Å². The standard InChI is InChI=1S/C29H26ClN3O7/c1-16(2)40-29(37)18-8-6-10-20(14-18)33-27(35)24(30)25(28(33)36)31-19-9-5-7-17(13-19)26(34)32-22-15-21(38-3)11-12-23(22)39-4/h5-16,31H,1-4H3,(H,32,34). The Morgan fingerprint density at radius 3 is 2.30 bits per heavy atom. The molecule has 0 aliphatic carbocycles. The van der Waals surface area contributed by atoms with Crippen LogP contribution in [0.3, 0.4) is 0 Å². The van der Waals surface area contributed by atoms with E-state index in [9.17, 15) is 19.2 Å². The predicted octanol–water partition coefficient (Wildman–Crippen LogP) is 4.96. The molecule has 3 aromatic rings. The molecule has 0 radical (unpaired) electrons. The predicted molar refractivity (Wildman–Crippen MR) is 150 cm³/mol. The van der Waals surface area contributed by atoms with Crippen LogP contribution in [0, 0.1) is 0 Å². The Balaban J connectivity index is 1.54. The molecule has 1 heterocycles. The highest BCUT2D eigenvalue weighted by Crippen LogP contribution is 2.32. The highest BCUT2D eigenvalue weighted by molar-refractivity contribution is 6.53. The number of amides is 3. The van der Waals surface area contributed by atoms with Gasteiger partial charge in [-0.1, -0.05) is 23.7 Å². The molecule has 206 valence electrons. The number of esters is 1. The van der Waals surface area contributed by atoms with Gasteiger partial charge in [-0.25, -0.2) is 9.69 Å². The van der Waals surface area contributed by atoms with E-state index in [0.717, 1.165) is 4.90 Å². The van der Waals surface area contributed by atoms with Gasteiger partial charge in [0.2, 0.25) is 0 Å². The third-order valence-electron chi connectivity index (χ3n) is 5.76. The van der Waals surface area contributed by atoms with Gasteiger partial charge >= 0.3 is 5.97 Å². The number of halogens is 1. The third kappa shape index (κ3) is 5.92. The summed E-state index contributed by atoms with van der Waals surface area (Å²) < 4.78 is 15.7. The minimum absolute atomic E-state index is 0.156.